The maximum atomic E-state index is 12.2. The maximum Gasteiger partial charge on any atom is 0.251 e. The van der Waals surface area contributed by atoms with Crippen LogP contribution in [0.25, 0.3) is 11.5 Å². The molecule has 0 fully saturated rings. The summed E-state index contributed by atoms with van der Waals surface area (Å²) in [4.78, 5) is 16.6. The number of carbonyl (C=O) groups excluding carboxylic acids is 1. The minimum Gasteiger partial charge on any atom is -0.463 e. The average molecular weight is 320 g/mol. The number of furan rings is 1. The van der Waals surface area contributed by atoms with E-state index >= 15 is 0 Å². The zero-order valence-corrected chi connectivity index (χ0v) is 13.7. The van der Waals surface area contributed by atoms with Crippen molar-refractivity contribution in [3.63, 3.8) is 0 Å². The first kappa shape index (κ1) is 16.0. The summed E-state index contributed by atoms with van der Waals surface area (Å²) in [7, 11) is 0. The number of pyridine rings is 1. The Kier molecular flexibility index (Phi) is 5.06. The lowest BCUT2D eigenvalue weighted by Gasteiger charge is -2.06. The Bertz CT molecular complexity index is 776. The van der Waals surface area contributed by atoms with Crippen LogP contribution in [-0.2, 0) is 13.0 Å². The molecule has 122 valence electrons. The van der Waals surface area contributed by atoms with Crippen LogP contribution in [-0.4, -0.2) is 10.9 Å². The Balaban J connectivity index is 1.57. The molecule has 0 spiro atoms. The Hall–Kier alpha value is -2.88. The molecule has 0 aliphatic carbocycles. The van der Waals surface area contributed by atoms with Crippen LogP contribution in [0.1, 0.15) is 34.8 Å². The van der Waals surface area contributed by atoms with E-state index < -0.39 is 0 Å². The highest BCUT2D eigenvalue weighted by Gasteiger charge is 2.06. The molecule has 0 bridgehead atoms. The molecule has 0 saturated heterocycles. The van der Waals surface area contributed by atoms with Crippen molar-refractivity contribution in [2.45, 2.75) is 26.3 Å². The Morgan fingerprint density at radius 1 is 1.08 bits per heavy atom. The van der Waals surface area contributed by atoms with E-state index in [0.29, 0.717) is 12.1 Å². The number of benzene rings is 1. The number of nitrogens with one attached hydrogen (secondary N) is 1. The molecule has 0 aliphatic rings. The van der Waals surface area contributed by atoms with Crippen molar-refractivity contribution in [3.05, 3.63) is 77.7 Å². The van der Waals surface area contributed by atoms with E-state index in [-0.39, 0.29) is 5.91 Å². The smallest absolute Gasteiger partial charge is 0.251 e. The molecule has 1 N–H and O–H groups in total. The number of nitrogens with zero attached hydrogens (tertiary/aromatic N) is 1. The lowest BCUT2D eigenvalue weighted by atomic mass is 10.1. The van der Waals surface area contributed by atoms with Crippen molar-refractivity contribution in [2.24, 2.45) is 0 Å². The summed E-state index contributed by atoms with van der Waals surface area (Å²) in [5.74, 6) is 0.658. The molecule has 1 amide bonds. The van der Waals surface area contributed by atoms with Crippen molar-refractivity contribution in [2.75, 3.05) is 0 Å². The van der Waals surface area contributed by atoms with Gasteiger partial charge in [0.25, 0.3) is 5.91 Å². The molecule has 3 rings (SSSR count). The predicted molar refractivity (Wildman–Crippen MR) is 93.5 cm³/mol. The van der Waals surface area contributed by atoms with E-state index in [1.54, 1.807) is 12.5 Å². The summed E-state index contributed by atoms with van der Waals surface area (Å²) in [6, 6.07) is 15.3. The summed E-state index contributed by atoms with van der Waals surface area (Å²) < 4.78 is 5.31. The van der Waals surface area contributed by atoms with E-state index in [0.717, 1.165) is 29.9 Å². The Morgan fingerprint density at radius 3 is 2.50 bits per heavy atom. The fourth-order valence-corrected chi connectivity index (χ4v) is 2.49. The van der Waals surface area contributed by atoms with E-state index in [1.807, 2.05) is 48.5 Å². The van der Waals surface area contributed by atoms with Crippen LogP contribution in [0.4, 0.5) is 0 Å². The normalized spacial score (nSPS) is 10.5. The van der Waals surface area contributed by atoms with E-state index in [2.05, 4.69) is 17.2 Å². The molecule has 2 heterocycles. The van der Waals surface area contributed by atoms with Gasteiger partial charge in [-0.05, 0) is 47.9 Å². The summed E-state index contributed by atoms with van der Waals surface area (Å²) in [6.45, 7) is 2.59. The maximum absolute atomic E-state index is 12.2. The summed E-state index contributed by atoms with van der Waals surface area (Å²) in [5, 5.41) is 2.92. The first-order chi connectivity index (χ1) is 11.8. The lowest BCUT2D eigenvalue weighted by molar-refractivity contribution is 0.0951. The van der Waals surface area contributed by atoms with Gasteiger partial charge in [0, 0.05) is 18.3 Å². The second kappa shape index (κ2) is 7.59. The van der Waals surface area contributed by atoms with E-state index in [4.69, 9.17) is 4.42 Å². The number of hydrogen-bond acceptors (Lipinski definition) is 3. The SMILES string of the molecule is CCCc1ccc(C(=O)NCc2ccc(-c3ccco3)nc2)cc1. The number of hydrogen-bond donors (Lipinski definition) is 1. The average Bonchev–Trinajstić information content (AvgIpc) is 3.16. The van der Waals surface area contributed by atoms with Gasteiger partial charge in [0.05, 0.1) is 6.26 Å². The molecule has 0 radical (unpaired) electrons. The van der Waals surface area contributed by atoms with Crippen LogP contribution in [0.15, 0.2) is 65.4 Å². The highest BCUT2D eigenvalue weighted by atomic mass is 16.3. The molecule has 4 heteroatoms. The molecule has 3 aromatic rings. The van der Waals surface area contributed by atoms with Gasteiger partial charge in [0.1, 0.15) is 5.69 Å². The number of carbonyl (C=O) groups is 1. The minimum atomic E-state index is -0.0758. The fraction of sp³-hybridized carbons (Fsp3) is 0.200. The largest absolute Gasteiger partial charge is 0.463 e. The van der Waals surface area contributed by atoms with Crippen LogP contribution >= 0.6 is 0 Å². The number of aryl methyl sites for hydroxylation is 1. The van der Waals surface area contributed by atoms with Gasteiger partial charge in [-0.2, -0.15) is 0 Å². The van der Waals surface area contributed by atoms with Gasteiger partial charge in [-0.25, -0.2) is 0 Å². The van der Waals surface area contributed by atoms with Crippen LogP contribution in [0.5, 0.6) is 0 Å². The van der Waals surface area contributed by atoms with Crippen molar-refractivity contribution in [1.29, 1.82) is 0 Å². The van der Waals surface area contributed by atoms with Crippen LogP contribution in [0.2, 0.25) is 0 Å². The molecule has 4 nitrogen and oxygen atoms in total. The van der Waals surface area contributed by atoms with Crippen molar-refractivity contribution in [1.82, 2.24) is 10.3 Å². The van der Waals surface area contributed by atoms with Gasteiger partial charge in [-0.3, -0.25) is 9.78 Å². The monoisotopic (exact) mass is 320 g/mol. The van der Waals surface area contributed by atoms with E-state index in [1.165, 1.54) is 5.56 Å². The Morgan fingerprint density at radius 2 is 1.88 bits per heavy atom. The minimum absolute atomic E-state index is 0.0758. The zero-order valence-electron chi connectivity index (χ0n) is 13.7. The predicted octanol–water partition coefficient (Wildman–Crippen LogP) is 4.22. The Labute approximate surface area is 141 Å². The van der Waals surface area contributed by atoms with Crippen LogP contribution in [0.3, 0.4) is 0 Å². The second-order valence-electron chi connectivity index (χ2n) is 5.66. The third kappa shape index (κ3) is 3.90. The van der Waals surface area contributed by atoms with Crippen molar-refractivity contribution in [3.8, 4) is 11.5 Å². The zero-order chi connectivity index (χ0) is 16.8. The third-order valence-electron chi connectivity index (χ3n) is 3.81. The first-order valence-corrected chi connectivity index (χ1v) is 8.12. The topological polar surface area (TPSA) is 55.1 Å². The van der Waals surface area contributed by atoms with Gasteiger partial charge in [-0.15, -0.1) is 0 Å². The van der Waals surface area contributed by atoms with Crippen LogP contribution < -0.4 is 5.32 Å². The standard InChI is InChI=1S/C20H20N2O2/c1-2-4-15-6-9-17(10-7-15)20(23)22-14-16-8-11-18(21-13-16)19-5-3-12-24-19/h3,5-13H,2,4,14H2,1H3,(H,22,23). The first-order valence-electron chi connectivity index (χ1n) is 8.12. The highest BCUT2D eigenvalue weighted by molar-refractivity contribution is 5.94. The highest BCUT2D eigenvalue weighted by Crippen LogP contribution is 2.17. The molecule has 0 saturated carbocycles. The number of aromatic nitrogens is 1. The van der Waals surface area contributed by atoms with Gasteiger partial charge in [0.15, 0.2) is 5.76 Å². The molecule has 2 aromatic heterocycles. The van der Waals surface area contributed by atoms with Crippen molar-refractivity contribution >= 4 is 5.91 Å². The summed E-state index contributed by atoms with van der Waals surface area (Å²) in [6.07, 6.45) is 5.52. The summed E-state index contributed by atoms with van der Waals surface area (Å²) in [5.41, 5.74) is 3.66. The lowest BCUT2D eigenvalue weighted by Crippen LogP contribution is -2.22. The molecular weight excluding hydrogens is 300 g/mol. The van der Waals surface area contributed by atoms with Crippen molar-refractivity contribution < 1.29 is 9.21 Å². The van der Waals surface area contributed by atoms with Gasteiger partial charge >= 0.3 is 0 Å². The molecular formula is C20H20N2O2. The third-order valence-corrected chi connectivity index (χ3v) is 3.81. The number of amides is 1. The molecule has 24 heavy (non-hydrogen) atoms. The quantitative estimate of drug-likeness (QED) is 0.739. The molecule has 0 unspecified atom stereocenters. The summed E-state index contributed by atoms with van der Waals surface area (Å²) >= 11 is 0. The van der Waals surface area contributed by atoms with Gasteiger partial charge in [-0.1, -0.05) is 31.5 Å². The molecule has 0 aliphatic heterocycles. The second-order valence-corrected chi connectivity index (χ2v) is 5.66. The molecule has 0 atom stereocenters. The van der Waals surface area contributed by atoms with Gasteiger partial charge < -0.3 is 9.73 Å². The van der Waals surface area contributed by atoms with Crippen LogP contribution in [0, 0.1) is 0 Å². The van der Waals surface area contributed by atoms with Gasteiger partial charge in [0.2, 0.25) is 0 Å². The number of rotatable bonds is 6. The van der Waals surface area contributed by atoms with E-state index in [9.17, 15) is 4.79 Å². The fourth-order valence-electron chi connectivity index (χ4n) is 2.49. The molecule has 1 aromatic carbocycles.